The Hall–Kier alpha value is -1.33. The molecule has 1 saturated carbocycles. The second-order valence-corrected chi connectivity index (χ2v) is 9.11. The van der Waals surface area contributed by atoms with Crippen molar-refractivity contribution in [1.82, 2.24) is 4.98 Å². The molecule has 0 amide bonds. The van der Waals surface area contributed by atoms with Gasteiger partial charge in [0.1, 0.15) is 5.82 Å². The molecular weight excluding hydrogens is 336 g/mol. The number of hydrogen-bond acceptors (Lipinski definition) is 5. The van der Waals surface area contributed by atoms with Crippen LogP contribution in [0.25, 0.3) is 0 Å². The third-order valence-electron chi connectivity index (χ3n) is 7.10. The smallest absolute Gasteiger partial charge is 0.128 e. The number of rotatable bonds is 4. The van der Waals surface area contributed by atoms with E-state index in [0.29, 0.717) is 11.5 Å². The predicted octanol–water partition coefficient (Wildman–Crippen LogP) is 3.72. The molecule has 0 unspecified atom stereocenters. The molecule has 1 aromatic heterocycles. The van der Waals surface area contributed by atoms with Crippen LogP contribution < -0.4 is 16.0 Å². The van der Waals surface area contributed by atoms with Crippen LogP contribution in [0, 0.1) is 18.3 Å². The molecule has 3 heterocycles. The van der Waals surface area contributed by atoms with Gasteiger partial charge in [0.15, 0.2) is 0 Å². The molecule has 3 fully saturated rings. The maximum Gasteiger partial charge on any atom is 0.128 e. The molecule has 3 N–H and O–H groups in total. The second kappa shape index (κ2) is 8.36. The van der Waals surface area contributed by atoms with Crippen molar-refractivity contribution in [3.05, 3.63) is 17.8 Å². The van der Waals surface area contributed by atoms with Gasteiger partial charge in [0.05, 0.1) is 18.0 Å². The highest BCUT2D eigenvalue weighted by Crippen LogP contribution is 2.39. The fourth-order valence-electron chi connectivity index (χ4n) is 5.07. The van der Waals surface area contributed by atoms with Crippen LogP contribution in [0.2, 0.25) is 0 Å². The van der Waals surface area contributed by atoms with Crippen LogP contribution in [0.1, 0.15) is 57.1 Å². The molecule has 0 atom stereocenters. The molecule has 1 aromatic rings. The Morgan fingerprint density at radius 2 is 1.96 bits per heavy atom. The molecule has 0 radical (unpaired) electrons. The number of ether oxygens (including phenoxy) is 1. The van der Waals surface area contributed by atoms with Crippen molar-refractivity contribution in [2.75, 3.05) is 43.1 Å². The maximum atomic E-state index is 6.02. The lowest BCUT2D eigenvalue weighted by atomic mass is 9.74. The summed E-state index contributed by atoms with van der Waals surface area (Å²) in [6, 6.07) is 4.84. The van der Waals surface area contributed by atoms with Crippen LogP contribution in [-0.4, -0.2) is 43.9 Å². The van der Waals surface area contributed by atoms with E-state index in [1.165, 1.54) is 57.1 Å². The van der Waals surface area contributed by atoms with Crippen LogP contribution >= 0.6 is 0 Å². The molecule has 5 nitrogen and oxygen atoms in total. The van der Waals surface area contributed by atoms with Crippen LogP contribution in [0.4, 0.5) is 11.5 Å². The van der Waals surface area contributed by atoms with Gasteiger partial charge in [-0.05, 0) is 81.8 Å². The summed E-state index contributed by atoms with van der Waals surface area (Å²) in [5.74, 6) is 1.88. The van der Waals surface area contributed by atoms with Crippen molar-refractivity contribution in [2.24, 2.45) is 17.1 Å². The van der Waals surface area contributed by atoms with E-state index in [-0.39, 0.29) is 0 Å². The first-order valence-electron chi connectivity index (χ1n) is 10.9. The van der Waals surface area contributed by atoms with Gasteiger partial charge in [-0.1, -0.05) is 0 Å². The van der Waals surface area contributed by atoms with Gasteiger partial charge in [0.25, 0.3) is 0 Å². The molecular formula is C22H36N4O. The zero-order valence-corrected chi connectivity index (χ0v) is 16.9. The molecule has 1 aliphatic carbocycles. The molecule has 0 aromatic carbocycles. The van der Waals surface area contributed by atoms with Crippen molar-refractivity contribution in [1.29, 1.82) is 0 Å². The van der Waals surface area contributed by atoms with Crippen molar-refractivity contribution in [3.8, 4) is 0 Å². The van der Waals surface area contributed by atoms with Gasteiger partial charge in [-0.2, -0.15) is 0 Å². The van der Waals surface area contributed by atoms with Gasteiger partial charge in [0, 0.05) is 32.3 Å². The zero-order valence-electron chi connectivity index (χ0n) is 16.9. The van der Waals surface area contributed by atoms with Gasteiger partial charge < -0.3 is 20.7 Å². The van der Waals surface area contributed by atoms with Crippen LogP contribution in [-0.2, 0) is 4.74 Å². The Morgan fingerprint density at radius 1 is 1.19 bits per heavy atom. The van der Waals surface area contributed by atoms with E-state index < -0.39 is 0 Å². The van der Waals surface area contributed by atoms with Crippen molar-refractivity contribution in [2.45, 2.75) is 64.3 Å². The van der Waals surface area contributed by atoms with Gasteiger partial charge in [-0.3, -0.25) is 0 Å². The summed E-state index contributed by atoms with van der Waals surface area (Å²) in [6.45, 7) is 7.29. The van der Waals surface area contributed by atoms with E-state index in [2.05, 4.69) is 29.3 Å². The van der Waals surface area contributed by atoms with E-state index in [1.54, 1.807) is 0 Å². The van der Waals surface area contributed by atoms with Gasteiger partial charge in [-0.25, -0.2) is 4.98 Å². The molecule has 5 heteroatoms. The van der Waals surface area contributed by atoms with Crippen LogP contribution in [0.3, 0.4) is 0 Å². The van der Waals surface area contributed by atoms with Crippen molar-refractivity contribution in [3.63, 3.8) is 0 Å². The summed E-state index contributed by atoms with van der Waals surface area (Å²) in [6.07, 6.45) is 9.87. The normalized spacial score (nSPS) is 28.3. The number of nitrogens with zero attached hydrogens (tertiary/aromatic N) is 2. The highest BCUT2D eigenvalue weighted by atomic mass is 16.5. The summed E-state index contributed by atoms with van der Waals surface area (Å²) in [5.41, 5.74) is 8.75. The minimum Gasteiger partial charge on any atom is -0.383 e. The Bertz CT molecular complexity index is 611. The lowest BCUT2D eigenvalue weighted by molar-refractivity contribution is -0.0210. The second-order valence-electron chi connectivity index (χ2n) is 9.11. The van der Waals surface area contributed by atoms with E-state index in [9.17, 15) is 0 Å². The number of nitrogens with two attached hydrogens (primary N) is 1. The maximum absolute atomic E-state index is 6.02. The van der Waals surface area contributed by atoms with Gasteiger partial charge in [0.2, 0.25) is 0 Å². The van der Waals surface area contributed by atoms with E-state index in [0.717, 1.165) is 50.3 Å². The van der Waals surface area contributed by atoms with Crippen LogP contribution in [0.15, 0.2) is 12.1 Å². The molecule has 2 aliphatic heterocycles. The quantitative estimate of drug-likeness (QED) is 0.843. The molecule has 1 spiro atoms. The van der Waals surface area contributed by atoms with Crippen molar-refractivity contribution < 1.29 is 4.74 Å². The first kappa shape index (κ1) is 19.0. The number of aryl methyl sites for hydroxylation is 1. The molecule has 27 heavy (non-hydrogen) atoms. The molecule has 3 aliphatic rings. The fraction of sp³-hybridized carbons (Fsp3) is 0.773. The Labute approximate surface area is 164 Å². The van der Waals surface area contributed by atoms with Crippen molar-refractivity contribution >= 4 is 11.5 Å². The number of anilines is 2. The van der Waals surface area contributed by atoms with Gasteiger partial charge in [-0.15, -0.1) is 0 Å². The SMILES string of the molecule is Cc1nc(N2CCC3(CCCOC3)CC2)ccc1NC[C@H]1CC[C@H](N)CC1. The largest absolute Gasteiger partial charge is 0.383 e. The van der Waals surface area contributed by atoms with E-state index in [4.69, 9.17) is 15.5 Å². The first-order valence-corrected chi connectivity index (χ1v) is 10.9. The topological polar surface area (TPSA) is 63.4 Å². The third kappa shape index (κ3) is 4.57. The summed E-state index contributed by atoms with van der Waals surface area (Å²) >= 11 is 0. The fourth-order valence-corrected chi connectivity index (χ4v) is 5.07. The third-order valence-corrected chi connectivity index (χ3v) is 7.10. The summed E-state index contributed by atoms with van der Waals surface area (Å²) < 4.78 is 5.77. The Kier molecular flexibility index (Phi) is 5.88. The Morgan fingerprint density at radius 3 is 2.63 bits per heavy atom. The Balaban J connectivity index is 1.30. The molecule has 0 bridgehead atoms. The minimum absolute atomic E-state index is 0.424. The minimum atomic E-state index is 0.424. The molecule has 2 saturated heterocycles. The van der Waals surface area contributed by atoms with E-state index >= 15 is 0 Å². The zero-order chi connectivity index (χ0) is 18.7. The predicted molar refractivity (Wildman–Crippen MR) is 111 cm³/mol. The number of nitrogens with one attached hydrogen (secondary N) is 1. The lowest BCUT2D eigenvalue weighted by Gasteiger charge is -2.44. The number of piperidine rings is 1. The summed E-state index contributed by atoms with van der Waals surface area (Å²) in [7, 11) is 0. The lowest BCUT2D eigenvalue weighted by Crippen LogP contribution is -2.44. The number of hydrogen-bond donors (Lipinski definition) is 2. The highest BCUT2D eigenvalue weighted by Gasteiger charge is 2.36. The summed E-state index contributed by atoms with van der Waals surface area (Å²) in [5, 5.41) is 3.64. The average Bonchev–Trinajstić information content (AvgIpc) is 2.69. The molecule has 4 rings (SSSR count). The standard InChI is InChI=1S/C22H36N4O/c1-17-20(24-15-18-3-5-19(23)6-4-18)7-8-21(25-17)26-12-10-22(11-13-26)9-2-14-27-16-22/h7-8,18-19,24H,2-6,9-16,23H2,1H3/t18-,19-. The average molecular weight is 373 g/mol. The number of aromatic nitrogens is 1. The number of pyridine rings is 1. The highest BCUT2D eigenvalue weighted by molar-refractivity contribution is 5.53. The molecule has 150 valence electrons. The monoisotopic (exact) mass is 372 g/mol. The van der Waals surface area contributed by atoms with E-state index in [1.807, 2.05) is 0 Å². The van der Waals surface area contributed by atoms with Crippen LogP contribution in [0.5, 0.6) is 0 Å². The first-order chi connectivity index (χ1) is 13.1. The van der Waals surface area contributed by atoms with Gasteiger partial charge >= 0.3 is 0 Å². The summed E-state index contributed by atoms with van der Waals surface area (Å²) in [4.78, 5) is 7.38.